The van der Waals surface area contributed by atoms with Gasteiger partial charge < -0.3 is 25.0 Å². The Kier molecular flexibility index (Phi) is 10.9. The fraction of sp³-hybridized carbons (Fsp3) is 0.393. The van der Waals surface area contributed by atoms with Crippen LogP contribution in [0.4, 0.5) is 10.5 Å². The van der Waals surface area contributed by atoms with Gasteiger partial charge >= 0.3 is 6.09 Å². The van der Waals surface area contributed by atoms with Crippen molar-refractivity contribution >= 4 is 36.2 Å². The molecule has 0 aliphatic rings. The van der Waals surface area contributed by atoms with Crippen molar-refractivity contribution in [2.45, 2.75) is 51.8 Å². The molecule has 0 heterocycles. The molecule has 0 saturated carbocycles. The summed E-state index contributed by atoms with van der Waals surface area (Å²) in [7, 11) is 1.56. The lowest BCUT2D eigenvalue weighted by molar-refractivity contribution is -0.140. The fourth-order valence-corrected chi connectivity index (χ4v) is 3.81. The minimum absolute atomic E-state index is 0.0150. The molecule has 0 fully saturated rings. The minimum atomic E-state index is -1.01. The van der Waals surface area contributed by atoms with E-state index in [2.05, 4.69) is 29.2 Å². The molecule has 0 radical (unpaired) electrons. The van der Waals surface area contributed by atoms with Crippen LogP contribution in [0.3, 0.4) is 0 Å². The van der Waals surface area contributed by atoms with Crippen LogP contribution in [-0.2, 0) is 14.3 Å². The van der Waals surface area contributed by atoms with Gasteiger partial charge in [0.05, 0.1) is 7.11 Å². The van der Waals surface area contributed by atoms with Gasteiger partial charge in [-0.1, -0.05) is 25.0 Å². The maximum absolute atomic E-state index is 13.7. The smallest absolute Gasteiger partial charge is 0.408 e. The summed E-state index contributed by atoms with van der Waals surface area (Å²) in [6, 6.07) is 11.7. The molecule has 0 saturated heterocycles. The van der Waals surface area contributed by atoms with E-state index in [9.17, 15) is 14.4 Å². The third kappa shape index (κ3) is 8.76. The number of methoxy groups -OCH3 is 1. The van der Waals surface area contributed by atoms with Gasteiger partial charge in [-0.15, -0.1) is 6.42 Å². The average Bonchev–Trinajstić information content (AvgIpc) is 2.86. The van der Waals surface area contributed by atoms with Gasteiger partial charge in [0.25, 0.3) is 5.91 Å². The van der Waals surface area contributed by atoms with Crippen LogP contribution >= 0.6 is 12.6 Å². The molecule has 3 amide bonds. The molecule has 2 aromatic rings. The molecule has 2 atom stereocenters. The fourth-order valence-electron chi connectivity index (χ4n) is 3.56. The van der Waals surface area contributed by atoms with Crippen LogP contribution < -0.4 is 15.4 Å². The molecule has 198 valence electrons. The third-order valence-corrected chi connectivity index (χ3v) is 5.60. The minimum Gasteiger partial charge on any atom is -0.497 e. The largest absolute Gasteiger partial charge is 0.497 e. The summed E-state index contributed by atoms with van der Waals surface area (Å²) in [6.45, 7) is 7.35. The van der Waals surface area contributed by atoms with Crippen LogP contribution in [0.5, 0.6) is 5.75 Å². The Hall–Kier alpha value is -3.64. The van der Waals surface area contributed by atoms with Crippen LogP contribution in [0, 0.1) is 12.3 Å². The molecule has 9 heteroatoms. The van der Waals surface area contributed by atoms with Crippen LogP contribution in [0.25, 0.3) is 0 Å². The normalized spacial score (nSPS) is 12.5. The number of benzene rings is 2. The summed E-state index contributed by atoms with van der Waals surface area (Å²) >= 11 is 4.28. The van der Waals surface area contributed by atoms with Crippen molar-refractivity contribution in [3.63, 3.8) is 0 Å². The van der Waals surface area contributed by atoms with Gasteiger partial charge in [0, 0.05) is 23.5 Å². The van der Waals surface area contributed by atoms with Gasteiger partial charge in [0.2, 0.25) is 5.91 Å². The second-order valence-corrected chi connectivity index (χ2v) is 9.66. The molecule has 8 nitrogen and oxygen atoms in total. The number of carbonyl (C=O) groups is 3. The number of hydrogen-bond donors (Lipinski definition) is 3. The Balaban J connectivity index is 2.43. The van der Waals surface area contributed by atoms with E-state index in [0.29, 0.717) is 29.0 Å². The predicted octanol–water partition coefficient (Wildman–Crippen LogP) is 4.42. The van der Waals surface area contributed by atoms with Gasteiger partial charge in [-0.25, -0.2) is 4.79 Å². The number of alkyl carbamates (subject to hydrolysis) is 1. The van der Waals surface area contributed by atoms with Crippen molar-refractivity contribution in [2.24, 2.45) is 0 Å². The number of rotatable bonds is 10. The van der Waals surface area contributed by atoms with Gasteiger partial charge in [-0.3, -0.25) is 9.59 Å². The van der Waals surface area contributed by atoms with E-state index in [1.807, 2.05) is 6.92 Å². The summed E-state index contributed by atoms with van der Waals surface area (Å²) in [5, 5.41) is 5.47. The molecule has 0 aliphatic heterocycles. The predicted molar refractivity (Wildman–Crippen MR) is 148 cm³/mol. The Morgan fingerprint density at radius 2 is 1.70 bits per heavy atom. The number of amides is 3. The highest BCUT2D eigenvalue weighted by molar-refractivity contribution is 7.80. The van der Waals surface area contributed by atoms with Crippen LogP contribution in [0.2, 0.25) is 0 Å². The Labute approximate surface area is 224 Å². The van der Waals surface area contributed by atoms with Crippen molar-refractivity contribution in [2.75, 3.05) is 24.7 Å². The van der Waals surface area contributed by atoms with Crippen molar-refractivity contribution in [1.29, 1.82) is 0 Å². The summed E-state index contributed by atoms with van der Waals surface area (Å²) in [4.78, 5) is 41.2. The Morgan fingerprint density at radius 1 is 1.08 bits per heavy atom. The van der Waals surface area contributed by atoms with E-state index in [4.69, 9.17) is 15.9 Å². The SMILES string of the molecule is C#Cc1ccc(C(C(=O)Nc2ccc(OC)cc2)N(CCC)C(=O)C(CS)NC(=O)OC(C)(C)C)cc1. The highest BCUT2D eigenvalue weighted by atomic mass is 32.1. The molecule has 0 aliphatic carbocycles. The van der Waals surface area contributed by atoms with Crippen molar-refractivity contribution in [3.8, 4) is 18.1 Å². The monoisotopic (exact) mass is 525 g/mol. The lowest BCUT2D eigenvalue weighted by Gasteiger charge is -2.34. The Bertz CT molecular complexity index is 1100. The van der Waals surface area contributed by atoms with E-state index >= 15 is 0 Å². The van der Waals surface area contributed by atoms with Crippen molar-refractivity contribution in [1.82, 2.24) is 10.2 Å². The molecule has 2 N–H and O–H groups in total. The number of nitrogens with zero attached hydrogens (tertiary/aromatic N) is 1. The van der Waals surface area contributed by atoms with Gasteiger partial charge in [-0.05, 0) is 69.2 Å². The second kappa shape index (κ2) is 13.6. The van der Waals surface area contributed by atoms with Gasteiger partial charge in [-0.2, -0.15) is 12.6 Å². The number of carbonyl (C=O) groups excluding carboxylic acids is 3. The van der Waals surface area contributed by atoms with E-state index in [-0.39, 0.29) is 12.3 Å². The van der Waals surface area contributed by atoms with Gasteiger partial charge in [0.15, 0.2) is 0 Å². The van der Waals surface area contributed by atoms with Crippen molar-refractivity contribution < 1.29 is 23.9 Å². The summed E-state index contributed by atoms with van der Waals surface area (Å²) in [5.41, 5.74) is 1.02. The summed E-state index contributed by atoms with van der Waals surface area (Å²) < 4.78 is 10.5. The maximum atomic E-state index is 13.7. The van der Waals surface area contributed by atoms with Crippen LogP contribution in [-0.4, -0.2) is 53.9 Å². The number of thiol groups is 1. The third-order valence-electron chi connectivity index (χ3n) is 5.23. The Morgan fingerprint density at radius 3 is 2.19 bits per heavy atom. The molecule has 0 aromatic heterocycles. The molecule has 37 heavy (non-hydrogen) atoms. The number of ether oxygens (including phenoxy) is 2. The zero-order valence-electron chi connectivity index (χ0n) is 21.9. The average molecular weight is 526 g/mol. The van der Waals surface area contributed by atoms with E-state index in [0.717, 1.165) is 0 Å². The summed E-state index contributed by atoms with van der Waals surface area (Å²) in [5.74, 6) is 2.33. The first-order valence-corrected chi connectivity index (χ1v) is 12.6. The first-order chi connectivity index (χ1) is 17.5. The molecule has 2 unspecified atom stereocenters. The lowest BCUT2D eigenvalue weighted by atomic mass is 10.0. The first kappa shape index (κ1) is 29.6. The maximum Gasteiger partial charge on any atom is 0.408 e. The molecule has 2 rings (SSSR count). The molecule has 0 spiro atoms. The second-order valence-electron chi connectivity index (χ2n) is 9.30. The summed E-state index contributed by atoms with van der Waals surface area (Å²) in [6.07, 6.45) is 5.33. The highest BCUT2D eigenvalue weighted by Gasteiger charge is 2.35. The van der Waals surface area contributed by atoms with E-state index in [1.54, 1.807) is 76.4 Å². The van der Waals surface area contributed by atoms with E-state index < -0.39 is 35.6 Å². The number of terminal acetylenes is 1. The van der Waals surface area contributed by atoms with Gasteiger partial charge in [0.1, 0.15) is 23.4 Å². The quantitative estimate of drug-likeness (QED) is 0.315. The van der Waals surface area contributed by atoms with Crippen molar-refractivity contribution in [3.05, 3.63) is 59.7 Å². The number of anilines is 1. The molecular formula is C28H35N3O5S. The first-order valence-electron chi connectivity index (χ1n) is 11.9. The number of hydrogen-bond acceptors (Lipinski definition) is 6. The zero-order valence-corrected chi connectivity index (χ0v) is 22.8. The highest BCUT2D eigenvalue weighted by Crippen LogP contribution is 2.26. The zero-order chi connectivity index (χ0) is 27.6. The number of nitrogens with one attached hydrogen (secondary N) is 2. The molecule has 2 aromatic carbocycles. The van der Waals surface area contributed by atoms with Crippen LogP contribution in [0.15, 0.2) is 48.5 Å². The lowest BCUT2D eigenvalue weighted by Crippen LogP contribution is -2.53. The van der Waals surface area contributed by atoms with E-state index in [1.165, 1.54) is 4.90 Å². The molecular weight excluding hydrogens is 490 g/mol. The standard InChI is InChI=1S/C28H35N3O5S/c1-7-17-31(26(33)23(18-37)30-27(34)36-28(3,4)5)24(20-11-9-19(8-2)10-12-20)25(32)29-21-13-15-22(35-6)16-14-21/h2,9-16,23-24,37H,7,17-18H2,1,3-6H3,(H,29,32)(H,30,34). The topological polar surface area (TPSA) is 97.0 Å². The van der Waals surface area contributed by atoms with Crippen LogP contribution in [0.1, 0.15) is 51.3 Å². The molecule has 0 bridgehead atoms.